The van der Waals surface area contributed by atoms with Crippen molar-refractivity contribution in [2.24, 2.45) is 0 Å². The number of nitrogens with zero attached hydrogens (tertiary/aromatic N) is 1. The van der Waals surface area contributed by atoms with E-state index in [0.29, 0.717) is 28.8 Å². The van der Waals surface area contributed by atoms with Crippen LogP contribution in [0.3, 0.4) is 0 Å². The van der Waals surface area contributed by atoms with Crippen LogP contribution < -0.4 is 10.2 Å². The van der Waals surface area contributed by atoms with Crippen molar-refractivity contribution in [2.45, 2.75) is 13.5 Å². The van der Waals surface area contributed by atoms with Crippen LogP contribution in [0.2, 0.25) is 0 Å². The fourth-order valence-electron chi connectivity index (χ4n) is 3.53. The summed E-state index contributed by atoms with van der Waals surface area (Å²) in [5.74, 6) is -0.0634. The van der Waals surface area contributed by atoms with Crippen molar-refractivity contribution in [1.82, 2.24) is 4.57 Å². The van der Waals surface area contributed by atoms with Gasteiger partial charge in [-0.1, -0.05) is 23.8 Å². The summed E-state index contributed by atoms with van der Waals surface area (Å²) in [6, 6.07) is 18.5. The third-order valence-corrected chi connectivity index (χ3v) is 5.07. The fraction of sp³-hybridized carbons (Fsp3) is 0.120. The van der Waals surface area contributed by atoms with Gasteiger partial charge in [-0.3, -0.25) is 9.59 Å². The highest BCUT2D eigenvalue weighted by atomic mass is 19.1. The average molecular weight is 401 g/mol. The molecule has 0 atom stereocenters. The molecule has 0 unspecified atom stereocenters. The van der Waals surface area contributed by atoms with E-state index in [0.717, 1.165) is 11.1 Å². The van der Waals surface area contributed by atoms with Gasteiger partial charge in [-0.25, -0.2) is 4.39 Å². The smallest absolute Gasteiger partial charge is 0.200 e. The Hall–Kier alpha value is -3.73. The van der Waals surface area contributed by atoms with Crippen LogP contribution in [0.25, 0.3) is 10.9 Å². The Morgan fingerprint density at radius 2 is 1.80 bits per heavy atom. The highest BCUT2D eigenvalue weighted by Crippen LogP contribution is 2.19. The normalized spacial score (nSPS) is 10.9. The average Bonchev–Trinajstić information content (AvgIpc) is 2.75. The highest BCUT2D eigenvalue weighted by molar-refractivity contribution is 6.10. The van der Waals surface area contributed by atoms with Gasteiger partial charge < -0.3 is 9.30 Å². The lowest BCUT2D eigenvalue weighted by Crippen LogP contribution is -2.20. The summed E-state index contributed by atoms with van der Waals surface area (Å²) in [6.07, 6.45) is 1.57. The van der Waals surface area contributed by atoms with E-state index in [4.69, 9.17) is 4.74 Å². The molecular formula is C25H20FNO3. The van der Waals surface area contributed by atoms with Gasteiger partial charge in [0.1, 0.15) is 11.6 Å². The summed E-state index contributed by atoms with van der Waals surface area (Å²) < 4.78 is 20.6. The molecule has 0 spiro atoms. The van der Waals surface area contributed by atoms with E-state index in [1.165, 1.54) is 12.1 Å². The van der Waals surface area contributed by atoms with Crippen molar-refractivity contribution in [2.75, 3.05) is 7.11 Å². The van der Waals surface area contributed by atoms with E-state index >= 15 is 0 Å². The number of carbonyl (C=O) groups is 1. The summed E-state index contributed by atoms with van der Waals surface area (Å²) in [7, 11) is 1.55. The number of aryl methyl sites for hydroxylation is 1. The molecule has 5 heteroatoms. The Labute approximate surface area is 173 Å². The first-order chi connectivity index (χ1) is 14.5. The number of hydrogen-bond donors (Lipinski definition) is 0. The zero-order chi connectivity index (χ0) is 21.3. The summed E-state index contributed by atoms with van der Waals surface area (Å²) in [5.41, 5.74) is 2.52. The topological polar surface area (TPSA) is 48.3 Å². The molecule has 0 saturated carbocycles. The molecule has 4 aromatic rings. The zero-order valence-corrected chi connectivity index (χ0v) is 16.7. The number of ketones is 1. The second-order valence-electron chi connectivity index (χ2n) is 7.21. The number of hydrogen-bond acceptors (Lipinski definition) is 3. The first-order valence-corrected chi connectivity index (χ1v) is 9.53. The third kappa shape index (κ3) is 3.74. The van der Waals surface area contributed by atoms with E-state index in [9.17, 15) is 14.0 Å². The van der Waals surface area contributed by atoms with Crippen molar-refractivity contribution in [3.8, 4) is 5.75 Å². The molecule has 1 aromatic heterocycles. The van der Waals surface area contributed by atoms with Crippen LogP contribution >= 0.6 is 0 Å². The summed E-state index contributed by atoms with van der Waals surface area (Å²) in [4.78, 5) is 26.3. The molecule has 0 amide bonds. The predicted molar refractivity (Wildman–Crippen MR) is 115 cm³/mol. The van der Waals surface area contributed by atoms with Gasteiger partial charge in [-0.05, 0) is 61.0 Å². The predicted octanol–water partition coefficient (Wildman–Crippen LogP) is 4.74. The van der Waals surface area contributed by atoms with Gasteiger partial charge in [0, 0.05) is 23.7 Å². The molecule has 0 aliphatic heterocycles. The molecule has 4 rings (SSSR count). The van der Waals surface area contributed by atoms with Gasteiger partial charge >= 0.3 is 0 Å². The van der Waals surface area contributed by atoms with Crippen LogP contribution in [0.4, 0.5) is 4.39 Å². The molecule has 4 nitrogen and oxygen atoms in total. The monoisotopic (exact) mass is 401 g/mol. The van der Waals surface area contributed by atoms with Crippen molar-refractivity contribution >= 4 is 16.7 Å². The molecule has 0 fully saturated rings. The molecule has 1 heterocycles. The van der Waals surface area contributed by atoms with E-state index in [1.54, 1.807) is 49.7 Å². The maximum absolute atomic E-state index is 13.7. The quantitative estimate of drug-likeness (QED) is 0.454. The van der Waals surface area contributed by atoms with Gasteiger partial charge in [-0.2, -0.15) is 0 Å². The van der Waals surface area contributed by atoms with Crippen molar-refractivity contribution < 1.29 is 13.9 Å². The van der Waals surface area contributed by atoms with Crippen molar-refractivity contribution in [1.29, 1.82) is 0 Å². The molecular weight excluding hydrogens is 381 g/mol. The molecule has 0 aliphatic rings. The number of pyridine rings is 1. The minimum atomic E-state index is -0.362. The summed E-state index contributed by atoms with van der Waals surface area (Å²) >= 11 is 0. The van der Waals surface area contributed by atoms with Crippen LogP contribution in [0.1, 0.15) is 27.0 Å². The number of rotatable bonds is 5. The van der Waals surface area contributed by atoms with Gasteiger partial charge in [-0.15, -0.1) is 0 Å². The minimum absolute atomic E-state index is 0.0784. The maximum Gasteiger partial charge on any atom is 0.200 e. The standard InChI is InChI=1S/C25H20FNO3/c1-16-6-11-23-21(12-16)25(29)22(24(28)18-7-9-20(30-2)10-8-18)15-27(23)14-17-4-3-5-19(26)13-17/h3-13,15H,14H2,1-2H3. The van der Waals surface area contributed by atoms with E-state index in [2.05, 4.69) is 0 Å². The Kier molecular flexibility index (Phi) is 5.19. The second-order valence-corrected chi connectivity index (χ2v) is 7.21. The van der Waals surface area contributed by atoms with Gasteiger partial charge in [0.2, 0.25) is 5.43 Å². The summed E-state index contributed by atoms with van der Waals surface area (Å²) in [6.45, 7) is 2.23. The number of carbonyl (C=O) groups excluding carboxylic acids is 1. The number of fused-ring (bicyclic) bond motifs is 1. The van der Waals surface area contributed by atoms with Gasteiger partial charge in [0.25, 0.3) is 0 Å². The van der Waals surface area contributed by atoms with Crippen molar-refractivity contribution in [3.63, 3.8) is 0 Å². The lowest BCUT2D eigenvalue weighted by Gasteiger charge is -2.14. The van der Waals surface area contributed by atoms with Crippen LogP contribution in [0.15, 0.2) is 77.7 Å². The third-order valence-electron chi connectivity index (χ3n) is 5.07. The Bertz CT molecular complexity index is 1310. The van der Waals surface area contributed by atoms with Gasteiger partial charge in [0.15, 0.2) is 5.78 Å². The van der Waals surface area contributed by atoms with Crippen LogP contribution in [0.5, 0.6) is 5.75 Å². The van der Waals surface area contributed by atoms with E-state index < -0.39 is 0 Å². The molecule has 0 saturated heterocycles. The Morgan fingerprint density at radius 1 is 1.03 bits per heavy atom. The SMILES string of the molecule is COc1ccc(C(=O)c2cn(Cc3cccc(F)c3)c3ccc(C)cc3c2=O)cc1. The number of methoxy groups -OCH3 is 1. The van der Waals surface area contributed by atoms with E-state index in [1.807, 2.05) is 29.7 Å². The number of ether oxygens (including phenoxy) is 1. The van der Waals surface area contributed by atoms with E-state index in [-0.39, 0.29) is 22.6 Å². The first kappa shape index (κ1) is 19.6. The van der Waals surface area contributed by atoms with Gasteiger partial charge in [0.05, 0.1) is 18.2 Å². The lowest BCUT2D eigenvalue weighted by molar-refractivity contribution is 0.103. The molecule has 30 heavy (non-hydrogen) atoms. The highest BCUT2D eigenvalue weighted by Gasteiger charge is 2.18. The molecule has 150 valence electrons. The molecule has 0 N–H and O–H groups in total. The van der Waals surface area contributed by atoms with Crippen LogP contribution in [-0.2, 0) is 6.54 Å². The fourth-order valence-corrected chi connectivity index (χ4v) is 3.53. The largest absolute Gasteiger partial charge is 0.497 e. The second kappa shape index (κ2) is 7.95. The Morgan fingerprint density at radius 3 is 2.50 bits per heavy atom. The Balaban J connectivity index is 1.87. The number of aromatic nitrogens is 1. The summed E-state index contributed by atoms with van der Waals surface area (Å²) in [5, 5.41) is 0.464. The molecule has 0 radical (unpaired) electrons. The van der Waals surface area contributed by atoms with Crippen LogP contribution in [0, 0.1) is 12.7 Å². The number of benzene rings is 3. The molecule has 0 aliphatic carbocycles. The first-order valence-electron chi connectivity index (χ1n) is 9.53. The minimum Gasteiger partial charge on any atom is -0.497 e. The van der Waals surface area contributed by atoms with Crippen molar-refractivity contribution in [3.05, 3.63) is 111 Å². The van der Waals surface area contributed by atoms with Crippen LogP contribution in [-0.4, -0.2) is 17.5 Å². The lowest BCUT2D eigenvalue weighted by atomic mass is 10.0. The zero-order valence-electron chi connectivity index (χ0n) is 16.7. The number of halogens is 1. The maximum atomic E-state index is 13.7. The molecule has 0 bridgehead atoms. The molecule has 3 aromatic carbocycles.